The van der Waals surface area contributed by atoms with Gasteiger partial charge in [0.15, 0.2) is 0 Å². The van der Waals surface area contributed by atoms with Gasteiger partial charge in [0.25, 0.3) is 0 Å². The van der Waals surface area contributed by atoms with Crippen LogP contribution in [0, 0.1) is 5.82 Å². The highest BCUT2D eigenvalue weighted by Gasteiger charge is 2.28. The van der Waals surface area contributed by atoms with Gasteiger partial charge in [-0.2, -0.15) is 0 Å². The molecule has 1 saturated carbocycles. The molecular formula is C14H21FN2. The van der Waals surface area contributed by atoms with Gasteiger partial charge in [-0.1, -0.05) is 18.9 Å². The lowest BCUT2D eigenvalue weighted by atomic mass is 9.94. The number of halogens is 1. The van der Waals surface area contributed by atoms with Gasteiger partial charge in [0.1, 0.15) is 5.82 Å². The Hall–Kier alpha value is -1.09. The summed E-state index contributed by atoms with van der Waals surface area (Å²) in [6.07, 6.45) is 5.74. The fourth-order valence-electron chi connectivity index (χ4n) is 2.56. The first-order valence-corrected chi connectivity index (χ1v) is 6.35. The lowest BCUT2D eigenvalue weighted by Crippen LogP contribution is -2.39. The summed E-state index contributed by atoms with van der Waals surface area (Å²) in [4.78, 5) is 2.08. The normalized spacial score (nSPS) is 18.3. The average molecular weight is 236 g/mol. The summed E-state index contributed by atoms with van der Waals surface area (Å²) in [5, 5.41) is 0. The van der Waals surface area contributed by atoms with Gasteiger partial charge in [-0.25, -0.2) is 4.39 Å². The molecule has 0 atom stereocenters. The zero-order valence-electron chi connectivity index (χ0n) is 10.5. The minimum absolute atomic E-state index is 0.0155. The van der Waals surface area contributed by atoms with Crippen molar-refractivity contribution in [2.75, 3.05) is 18.5 Å². The molecule has 0 amide bonds. The lowest BCUT2D eigenvalue weighted by molar-refractivity contribution is 0.408. The van der Waals surface area contributed by atoms with E-state index in [9.17, 15) is 4.39 Å². The molecule has 2 N–H and O–H groups in total. The Morgan fingerprint density at radius 1 is 1.35 bits per heavy atom. The molecule has 0 aromatic heterocycles. The highest BCUT2D eigenvalue weighted by molar-refractivity contribution is 5.45. The molecule has 0 unspecified atom stereocenters. The highest BCUT2D eigenvalue weighted by Crippen LogP contribution is 2.30. The van der Waals surface area contributed by atoms with Gasteiger partial charge in [-0.05, 0) is 37.5 Å². The van der Waals surface area contributed by atoms with Crippen molar-refractivity contribution >= 4 is 5.69 Å². The number of nitrogens with zero attached hydrogens (tertiary/aromatic N) is 1. The molecule has 17 heavy (non-hydrogen) atoms. The molecule has 2 rings (SSSR count). The minimum atomic E-state index is -0.183. The van der Waals surface area contributed by atoms with Crippen LogP contribution >= 0.6 is 0 Å². The predicted octanol–water partition coefficient (Wildman–Crippen LogP) is 2.92. The third-order valence-corrected chi connectivity index (χ3v) is 3.79. The van der Waals surface area contributed by atoms with Crippen molar-refractivity contribution in [3.8, 4) is 0 Å². The summed E-state index contributed by atoms with van der Waals surface area (Å²) in [5.41, 5.74) is 7.25. The fourth-order valence-corrected chi connectivity index (χ4v) is 2.56. The molecule has 0 radical (unpaired) electrons. The number of nitrogens with two attached hydrogens (primary N) is 1. The molecule has 0 bridgehead atoms. The molecule has 0 spiro atoms. The number of hydrogen-bond acceptors (Lipinski definition) is 2. The summed E-state index contributed by atoms with van der Waals surface area (Å²) in [7, 11) is 1.99. The zero-order valence-corrected chi connectivity index (χ0v) is 10.5. The third kappa shape index (κ3) is 3.19. The topological polar surface area (TPSA) is 29.3 Å². The monoisotopic (exact) mass is 236 g/mol. The molecule has 0 heterocycles. The quantitative estimate of drug-likeness (QED) is 0.871. The van der Waals surface area contributed by atoms with E-state index in [1.807, 2.05) is 13.1 Å². The van der Waals surface area contributed by atoms with Gasteiger partial charge >= 0.3 is 0 Å². The second kappa shape index (κ2) is 5.05. The van der Waals surface area contributed by atoms with Crippen LogP contribution in [0.2, 0.25) is 0 Å². The Balaban J connectivity index is 1.91. The van der Waals surface area contributed by atoms with E-state index in [-0.39, 0.29) is 11.4 Å². The van der Waals surface area contributed by atoms with E-state index in [1.165, 1.54) is 18.9 Å². The maximum atomic E-state index is 13.1. The van der Waals surface area contributed by atoms with Crippen molar-refractivity contribution < 1.29 is 4.39 Å². The number of anilines is 1. The maximum absolute atomic E-state index is 13.1. The van der Waals surface area contributed by atoms with Crippen LogP contribution in [-0.4, -0.2) is 19.1 Å². The van der Waals surface area contributed by atoms with Crippen LogP contribution in [0.4, 0.5) is 10.1 Å². The van der Waals surface area contributed by atoms with Crippen LogP contribution < -0.4 is 10.6 Å². The summed E-state index contributed by atoms with van der Waals surface area (Å²) >= 11 is 0. The van der Waals surface area contributed by atoms with Crippen molar-refractivity contribution in [1.82, 2.24) is 0 Å². The zero-order chi connectivity index (χ0) is 12.3. The molecule has 2 nitrogen and oxygen atoms in total. The predicted molar refractivity (Wildman–Crippen MR) is 69.7 cm³/mol. The van der Waals surface area contributed by atoms with Gasteiger partial charge in [0.2, 0.25) is 0 Å². The molecule has 0 saturated heterocycles. The summed E-state index contributed by atoms with van der Waals surface area (Å²) < 4.78 is 13.1. The van der Waals surface area contributed by atoms with E-state index in [4.69, 9.17) is 5.73 Å². The molecular weight excluding hydrogens is 215 g/mol. The van der Waals surface area contributed by atoms with Crippen LogP contribution in [0.3, 0.4) is 0 Å². The van der Waals surface area contributed by atoms with E-state index in [2.05, 4.69) is 4.90 Å². The van der Waals surface area contributed by atoms with Crippen LogP contribution in [0.1, 0.15) is 32.1 Å². The summed E-state index contributed by atoms with van der Waals surface area (Å²) in [6, 6.07) is 6.71. The van der Waals surface area contributed by atoms with Crippen LogP contribution in [0.5, 0.6) is 0 Å². The van der Waals surface area contributed by atoms with E-state index >= 15 is 0 Å². The molecule has 94 valence electrons. The standard InChI is InChI=1S/C14H21FN2/c1-17(13-6-4-5-12(15)11-13)10-9-14(16)7-2-3-8-14/h4-6,11H,2-3,7-10,16H2,1H3. The number of rotatable bonds is 4. The molecule has 3 heteroatoms. The van der Waals surface area contributed by atoms with Crippen molar-refractivity contribution in [2.24, 2.45) is 5.73 Å². The Bertz CT molecular complexity index is 372. The first kappa shape index (κ1) is 12.4. The Kier molecular flexibility index (Phi) is 3.67. The highest BCUT2D eigenvalue weighted by atomic mass is 19.1. The first-order chi connectivity index (χ1) is 8.09. The smallest absolute Gasteiger partial charge is 0.125 e. The second-order valence-electron chi connectivity index (χ2n) is 5.22. The third-order valence-electron chi connectivity index (χ3n) is 3.79. The van der Waals surface area contributed by atoms with Gasteiger partial charge in [0.05, 0.1) is 0 Å². The average Bonchev–Trinajstić information content (AvgIpc) is 2.74. The maximum Gasteiger partial charge on any atom is 0.125 e. The fraction of sp³-hybridized carbons (Fsp3) is 0.571. The minimum Gasteiger partial charge on any atom is -0.374 e. The van der Waals surface area contributed by atoms with Crippen LogP contribution in [0.25, 0.3) is 0 Å². The summed E-state index contributed by atoms with van der Waals surface area (Å²) in [5.74, 6) is -0.183. The van der Waals surface area contributed by atoms with Crippen molar-refractivity contribution in [3.63, 3.8) is 0 Å². The Morgan fingerprint density at radius 2 is 2.06 bits per heavy atom. The second-order valence-corrected chi connectivity index (χ2v) is 5.22. The molecule has 0 aliphatic heterocycles. The van der Waals surface area contributed by atoms with Crippen molar-refractivity contribution in [2.45, 2.75) is 37.6 Å². The first-order valence-electron chi connectivity index (χ1n) is 6.35. The van der Waals surface area contributed by atoms with E-state index in [0.717, 1.165) is 31.5 Å². The van der Waals surface area contributed by atoms with Gasteiger partial charge in [0, 0.05) is 24.8 Å². The Labute approximate surface area is 103 Å². The van der Waals surface area contributed by atoms with Gasteiger partial charge < -0.3 is 10.6 Å². The Morgan fingerprint density at radius 3 is 2.71 bits per heavy atom. The van der Waals surface area contributed by atoms with E-state index < -0.39 is 0 Å². The van der Waals surface area contributed by atoms with E-state index in [0.29, 0.717) is 0 Å². The summed E-state index contributed by atoms with van der Waals surface area (Å²) in [6.45, 7) is 0.889. The molecule has 1 aromatic carbocycles. The molecule has 1 aromatic rings. The van der Waals surface area contributed by atoms with Gasteiger partial charge in [-0.3, -0.25) is 0 Å². The lowest BCUT2D eigenvalue weighted by Gasteiger charge is -2.28. The number of benzene rings is 1. The van der Waals surface area contributed by atoms with Crippen LogP contribution in [0.15, 0.2) is 24.3 Å². The molecule has 1 aliphatic carbocycles. The van der Waals surface area contributed by atoms with Crippen LogP contribution in [-0.2, 0) is 0 Å². The largest absolute Gasteiger partial charge is 0.374 e. The molecule has 1 aliphatic rings. The number of hydrogen-bond donors (Lipinski definition) is 1. The SMILES string of the molecule is CN(CCC1(N)CCCC1)c1cccc(F)c1. The van der Waals surface area contributed by atoms with Crippen molar-refractivity contribution in [3.05, 3.63) is 30.1 Å². The van der Waals surface area contributed by atoms with Gasteiger partial charge in [-0.15, -0.1) is 0 Å². The molecule has 1 fully saturated rings. The van der Waals surface area contributed by atoms with E-state index in [1.54, 1.807) is 12.1 Å². The van der Waals surface area contributed by atoms with Crippen molar-refractivity contribution in [1.29, 1.82) is 0 Å².